The lowest BCUT2D eigenvalue weighted by atomic mass is 10.1. The number of unbranched alkanes of at least 4 members (excludes halogenated alkanes) is 5. The topological polar surface area (TPSA) is 75.8 Å². The fraction of sp³-hybridized carbons (Fsp3) is 0.481. The van der Waals surface area contributed by atoms with E-state index >= 15 is 0 Å². The van der Waals surface area contributed by atoms with Gasteiger partial charge in [0.05, 0.1) is 0 Å². The Kier molecular flexibility index (Phi) is 8.75. The number of aliphatic carboxylic acids is 1. The van der Waals surface area contributed by atoms with Crippen LogP contribution in [0.15, 0.2) is 52.9 Å². The molecule has 0 saturated carbocycles. The number of rotatable bonds is 14. The molecule has 33 heavy (non-hydrogen) atoms. The van der Waals surface area contributed by atoms with E-state index < -0.39 is 11.6 Å². The maximum absolute atomic E-state index is 11.4. The molecule has 0 radical (unpaired) electrons. The maximum atomic E-state index is 11.4. The smallest absolute Gasteiger partial charge is 0.347 e. The summed E-state index contributed by atoms with van der Waals surface area (Å²) in [5, 5.41) is 9.34. The number of benzene rings is 2. The Morgan fingerprint density at radius 3 is 2.55 bits per heavy atom. The van der Waals surface area contributed by atoms with Crippen LogP contribution >= 0.6 is 0 Å². The zero-order chi connectivity index (χ0) is 23.7. The zero-order valence-electron chi connectivity index (χ0n) is 20.0. The number of hydrogen-bond donors (Lipinski definition) is 1. The molecular weight excluding hydrogens is 416 g/mol. The molecule has 0 aliphatic carbocycles. The Morgan fingerprint density at radius 2 is 1.79 bits per heavy atom. The molecule has 0 unspecified atom stereocenters. The van der Waals surface area contributed by atoms with Gasteiger partial charge in [0.25, 0.3) is 6.01 Å². The van der Waals surface area contributed by atoms with Crippen molar-refractivity contribution in [1.29, 1.82) is 0 Å². The van der Waals surface area contributed by atoms with E-state index in [1.165, 1.54) is 32.1 Å². The van der Waals surface area contributed by atoms with E-state index in [4.69, 9.17) is 14.1 Å². The van der Waals surface area contributed by atoms with Crippen LogP contribution in [0.3, 0.4) is 0 Å². The summed E-state index contributed by atoms with van der Waals surface area (Å²) in [6.45, 7) is 6.99. The molecule has 0 aliphatic rings. The molecule has 3 rings (SSSR count). The monoisotopic (exact) mass is 452 g/mol. The van der Waals surface area contributed by atoms with Crippen molar-refractivity contribution in [3.63, 3.8) is 0 Å². The molecule has 2 aromatic carbocycles. The Hall–Kier alpha value is -3.02. The normalized spacial score (nSPS) is 11.6. The molecule has 0 bridgehead atoms. The molecule has 0 amide bonds. The second-order valence-electron chi connectivity index (χ2n) is 9.03. The number of carboxylic acids is 1. The van der Waals surface area contributed by atoms with Crippen molar-refractivity contribution in [2.75, 3.05) is 18.0 Å². The summed E-state index contributed by atoms with van der Waals surface area (Å²) in [6.07, 6.45) is 8.17. The molecule has 1 aromatic heterocycles. The van der Waals surface area contributed by atoms with Gasteiger partial charge in [0, 0.05) is 13.1 Å². The number of ether oxygens (including phenoxy) is 1. The number of oxazole rings is 1. The fourth-order valence-corrected chi connectivity index (χ4v) is 3.75. The molecule has 1 N–H and O–H groups in total. The van der Waals surface area contributed by atoms with E-state index in [0.717, 1.165) is 42.6 Å². The molecule has 178 valence electrons. The van der Waals surface area contributed by atoms with E-state index in [0.29, 0.717) is 11.8 Å². The SMILES string of the molecule is CCCCCCCCN(CCc1cccc(OC(C)(C)C(=O)O)c1)c1nc2ccccc2o1. The first-order valence-corrected chi connectivity index (χ1v) is 12.0. The molecular formula is C27H36N2O4. The Morgan fingerprint density at radius 1 is 1.03 bits per heavy atom. The van der Waals surface area contributed by atoms with Crippen LogP contribution in [0.25, 0.3) is 11.1 Å². The predicted molar refractivity (Wildman–Crippen MR) is 132 cm³/mol. The van der Waals surface area contributed by atoms with Gasteiger partial charge in [0.15, 0.2) is 11.2 Å². The predicted octanol–water partition coefficient (Wildman–Crippen LogP) is 6.48. The highest BCUT2D eigenvalue weighted by molar-refractivity contribution is 5.76. The van der Waals surface area contributed by atoms with Crippen LogP contribution in [0.1, 0.15) is 64.9 Å². The third-order valence-corrected chi connectivity index (χ3v) is 5.79. The van der Waals surface area contributed by atoms with Crippen LogP contribution in [0.5, 0.6) is 5.75 Å². The summed E-state index contributed by atoms with van der Waals surface area (Å²) in [5.74, 6) is -0.432. The molecule has 6 heteroatoms. The van der Waals surface area contributed by atoms with Crippen LogP contribution < -0.4 is 9.64 Å². The first kappa shape index (κ1) is 24.6. The van der Waals surface area contributed by atoms with Crippen LogP contribution in [-0.2, 0) is 11.2 Å². The molecule has 0 saturated heterocycles. The number of para-hydroxylation sites is 2. The van der Waals surface area contributed by atoms with Gasteiger partial charge in [0.2, 0.25) is 0 Å². The number of fused-ring (bicyclic) bond motifs is 1. The van der Waals surface area contributed by atoms with Crippen molar-refractivity contribution < 1.29 is 19.1 Å². The van der Waals surface area contributed by atoms with E-state index in [1.807, 2.05) is 42.5 Å². The summed E-state index contributed by atoms with van der Waals surface area (Å²) in [6, 6.07) is 16.1. The highest BCUT2D eigenvalue weighted by Crippen LogP contribution is 2.24. The molecule has 0 aliphatic heterocycles. The van der Waals surface area contributed by atoms with E-state index in [9.17, 15) is 9.90 Å². The van der Waals surface area contributed by atoms with Gasteiger partial charge in [-0.1, -0.05) is 63.3 Å². The number of anilines is 1. The molecule has 3 aromatic rings. The highest BCUT2D eigenvalue weighted by Gasteiger charge is 2.29. The average Bonchev–Trinajstić information content (AvgIpc) is 3.22. The fourth-order valence-electron chi connectivity index (χ4n) is 3.75. The van der Waals surface area contributed by atoms with Crippen molar-refractivity contribution in [2.45, 2.75) is 71.3 Å². The summed E-state index contributed by atoms with van der Waals surface area (Å²) >= 11 is 0. The number of carbonyl (C=O) groups is 1. The zero-order valence-corrected chi connectivity index (χ0v) is 20.0. The second-order valence-corrected chi connectivity index (χ2v) is 9.03. The minimum absolute atomic E-state index is 0.559. The van der Waals surface area contributed by atoms with Crippen LogP contribution in [0.4, 0.5) is 6.01 Å². The van der Waals surface area contributed by atoms with E-state index in [2.05, 4.69) is 11.8 Å². The quantitative estimate of drug-likeness (QED) is 0.282. The maximum Gasteiger partial charge on any atom is 0.347 e. The van der Waals surface area contributed by atoms with E-state index in [-0.39, 0.29) is 0 Å². The minimum atomic E-state index is -1.28. The number of aromatic nitrogens is 1. The summed E-state index contributed by atoms with van der Waals surface area (Å²) < 4.78 is 11.8. The lowest BCUT2D eigenvalue weighted by Gasteiger charge is -2.23. The third-order valence-electron chi connectivity index (χ3n) is 5.79. The van der Waals surface area contributed by atoms with Gasteiger partial charge in [0.1, 0.15) is 11.3 Å². The lowest BCUT2D eigenvalue weighted by Crippen LogP contribution is -2.37. The molecule has 1 heterocycles. The van der Waals surface area contributed by atoms with Crippen LogP contribution in [-0.4, -0.2) is 34.8 Å². The van der Waals surface area contributed by atoms with Gasteiger partial charge in [-0.2, -0.15) is 4.98 Å². The van der Waals surface area contributed by atoms with Crippen LogP contribution in [0.2, 0.25) is 0 Å². The molecule has 0 spiro atoms. The van der Waals surface area contributed by atoms with Crippen molar-refractivity contribution in [2.24, 2.45) is 0 Å². The van der Waals surface area contributed by atoms with Gasteiger partial charge in [-0.3, -0.25) is 0 Å². The van der Waals surface area contributed by atoms with Gasteiger partial charge in [-0.15, -0.1) is 0 Å². The summed E-state index contributed by atoms with van der Waals surface area (Å²) in [7, 11) is 0. The van der Waals surface area contributed by atoms with Gasteiger partial charge in [-0.25, -0.2) is 4.79 Å². The van der Waals surface area contributed by atoms with Crippen molar-refractivity contribution in [3.05, 3.63) is 54.1 Å². The minimum Gasteiger partial charge on any atom is -0.478 e. The van der Waals surface area contributed by atoms with Crippen molar-refractivity contribution in [1.82, 2.24) is 4.98 Å². The average molecular weight is 453 g/mol. The van der Waals surface area contributed by atoms with Gasteiger partial charge in [-0.05, 0) is 56.5 Å². The lowest BCUT2D eigenvalue weighted by molar-refractivity contribution is -0.152. The standard InChI is InChI=1S/C27H36N2O4/c1-4-5-6-7-8-11-18-29(26-28-23-15-9-10-16-24(23)32-26)19-17-21-13-12-14-22(20-21)33-27(2,3)25(30)31/h9-10,12-16,20H,4-8,11,17-19H2,1-3H3,(H,30,31). The van der Waals surface area contributed by atoms with Gasteiger partial charge < -0.3 is 19.2 Å². The number of hydrogen-bond acceptors (Lipinski definition) is 5. The Bertz CT molecular complexity index is 995. The third kappa shape index (κ3) is 7.24. The van der Waals surface area contributed by atoms with Crippen LogP contribution in [0, 0.1) is 0 Å². The Labute approximate surface area is 196 Å². The highest BCUT2D eigenvalue weighted by atomic mass is 16.5. The first-order valence-electron chi connectivity index (χ1n) is 12.0. The first-order chi connectivity index (χ1) is 15.9. The van der Waals surface area contributed by atoms with Gasteiger partial charge >= 0.3 is 5.97 Å². The summed E-state index contributed by atoms with van der Waals surface area (Å²) in [4.78, 5) is 18.3. The summed E-state index contributed by atoms with van der Waals surface area (Å²) in [5.41, 5.74) is 1.47. The van der Waals surface area contributed by atoms with E-state index in [1.54, 1.807) is 19.9 Å². The number of nitrogens with zero attached hydrogens (tertiary/aromatic N) is 2. The Balaban J connectivity index is 1.67. The van der Waals surface area contributed by atoms with Crippen molar-refractivity contribution >= 4 is 23.1 Å². The molecule has 0 atom stereocenters. The van der Waals surface area contributed by atoms with Crippen molar-refractivity contribution in [3.8, 4) is 5.75 Å². The largest absolute Gasteiger partial charge is 0.478 e. The molecule has 0 fully saturated rings. The molecule has 6 nitrogen and oxygen atoms in total. The number of carboxylic acid groups (broad SMARTS) is 1. The second kappa shape index (κ2) is 11.7.